The van der Waals surface area contributed by atoms with Gasteiger partial charge in [-0.05, 0) is 31.9 Å². The molecule has 1 saturated carbocycles. The third-order valence-corrected chi connectivity index (χ3v) is 3.31. The van der Waals surface area contributed by atoms with Crippen molar-refractivity contribution in [2.75, 3.05) is 0 Å². The van der Waals surface area contributed by atoms with Crippen molar-refractivity contribution in [2.24, 2.45) is 0 Å². The van der Waals surface area contributed by atoms with Crippen molar-refractivity contribution in [3.63, 3.8) is 0 Å². The van der Waals surface area contributed by atoms with Crippen LogP contribution in [0.3, 0.4) is 0 Å². The Morgan fingerprint density at radius 3 is 2.50 bits per heavy atom. The van der Waals surface area contributed by atoms with E-state index >= 15 is 0 Å². The molecule has 2 rings (SSSR count). The van der Waals surface area contributed by atoms with Gasteiger partial charge in [-0.2, -0.15) is 0 Å². The van der Waals surface area contributed by atoms with Crippen LogP contribution in [0.25, 0.3) is 0 Å². The van der Waals surface area contributed by atoms with Gasteiger partial charge in [0.05, 0.1) is 0 Å². The molecule has 1 aromatic carbocycles. The maximum absolute atomic E-state index is 11.7. The van der Waals surface area contributed by atoms with Gasteiger partial charge in [0.2, 0.25) is 0 Å². The number of rotatable bonds is 1. The lowest BCUT2D eigenvalue weighted by Crippen LogP contribution is -2.35. The fourth-order valence-electron chi connectivity index (χ4n) is 2.23. The summed E-state index contributed by atoms with van der Waals surface area (Å²) in [7, 11) is 0. The molecule has 0 aliphatic heterocycles. The molecule has 1 aromatic rings. The molecule has 0 aromatic heterocycles. The Morgan fingerprint density at radius 1 is 1.17 bits per heavy atom. The molecule has 0 bridgehead atoms. The zero-order valence-corrected chi connectivity index (χ0v) is 10.8. The second-order valence-corrected chi connectivity index (χ2v) is 4.92. The molecule has 0 heterocycles. The van der Waals surface area contributed by atoms with Crippen LogP contribution < -0.4 is 5.32 Å². The molecule has 1 aliphatic rings. The van der Waals surface area contributed by atoms with E-state index in [1.165, 1.54) is 24.8 Å². The number of carbonyl (C=O) groups excluding carboxylic acids is 1. The van der Waals surface area contributed by atoms with Crippen LogP contribution in [0.2, 0.25) is 0 Å². The maximum Gasteiger partial charge on any atom is 0.296 e. The molecular weight excluding hydrogens is 222 g/mol. The van der Waals surface area contributed by atoms with Crippen molar-refractivity contribution in [2.45, 2.75) is 45.1 Å². The van der Waals surface area contributed by atoms with Crippen molar-refractivity contribution in [3.8, 4) is 11.8 Å². The van der Waals surface area contributed by atoms with Crippen LogP contribution in [-0.4, -0.2) is 11.9 Å². The first-order valence-corrected chi connectivity index (χ1v) is 6.63. The average Bonchev–Trinajstić information content (AvgIpc) is 2.39. The van der Waals surface area contributed by atoms with E-state index < -0.39 is 0 Å². The summed E-state index contributed by atoms with van der Waals surface area (Å²) in [5.74, 6) is 5.41. The third kappa shape index (κ3) is 3.92. The van der Waals surface area contributed by atoms with E-state index in [-0.39, 0.29) is 5.91 Å². The van der Waals surface area contributed by atoms with Gasteiger partial charge >= 0.3 is 0 Å². The Bertz CT molecular complexity index is 458. The molecule has 0 saturated heterocycles. The van der Waals surface area contributed by atoms with Crippen molar-refractivity contribution >= 4 is 5.91 Å². The summed E-state index contributed by atoms with van der Waals surface area (Å²) in [5, 5.41) is 2.99. The number of hydrogen-bond acceptors (Lipinski definition) is 1. The lowest BCUT2D eigenvalue weighted by molar-refractivity contribution is -0.116. The maximum atomic E-state index is 11.7. The van der Waals surface area contributed by atoms with Crippen LogP contribution in [-0.2, 0) is 4.79 Å². The van der Waals surface area contributed by atoms with Gasteiger partial charge in [-0.3, -0.25) is 4.79 Å². The van der Waals surface area contributed by atoms with E-state index in [1.54, 1.807) is 0 Å². The SMILES string of the molecule is Cc1ccc(C#CC(=O)NC2CCCCC2)cc1. The van der Waals surface area contributed by atoms with E-state index in [1.807, 2.05) is 31.2 Å². The Morgan fingerprint density at radius 2 is 1.83 bits per heavy atom. The minimum atomic E-state index is -0.150. The molecule has 0 unspecified atom stereocenters. The van der Waals surface area contributed by atoms with Gasteiger partial charge < -0.3 is 5.32 Å². The van der Waals surface area contributed by atoms with Crippen LogP contribution in [0.1, 0.15) is 43.2 Å². The molecule has 1 aliphatic carbocycles. The first-order valence-electron chi connectivity index (χ1n) is 6.63. The summed E-state index contributed by atoms with van der Waals surface area (Å²) in [4.78, 5) is 11.7. The normalized spacial score (nSPS) is 15.6. The largest absolute Gasteiger partial charge is 0.343 e. The molecule has 0 spiro atoms. The number of carbonyl (C=O) groups is 1. The Hall–Kier alpha value is -1.75. The number of nitrogens with one attached hydrogen (secondary N) is 1. The van der Waals surface area contributed by atoms with Crippen molar-refractivity contribution in [1.29, 1.82) is 0 Å². The molecule has 0 atom stereocenters. The van der Waals surface area contributed by atoms with E-state index in [2.05, 4.69) is 17.2 Å². The second-order valence-electron chi connectivity index (χ2n) is 4.92. The van der Waals surface area contributed by atoms with Crippen LogP contribution in [0.4, 0.5) is 0 Å². The highest BCUT2D eigenvalue weighted by Crippen LogP contribution is 2.17. The number of aryl methyl sites for hydroxylation is 1. The highest BCUT2D eigenvalue weighted by Gasteiger charge is 2.14. The van der Waals surface area contributed by atoms with Gasteiger partial charge in [0, 0.05) is 17.5 Å². The third-order valence-electron chi connectivity index (χ3n) is 3.31. The predicted molar refractivity (Wildman–Crippen MR) is 73.1 cm³/mol. The quantitative estimate of drug-likeness (QED) is 0.753. The van der Waals surface area contributed by atoms with Crippen LogP contribution in [0.5, 0.6) is 0 Å². The van der Waals surface area contributed by atoms with Gasteiger partial charge in [-0.15, -0.1) is 0 Å². The van der Waals surface area contributed by atoms with E-state index in [9.17, 15) is 4.79 Å². The Labute approximate surface area is 109 Å². The molecular formula is C16H19NO. The van der Waals surface area contributed by atoms with E-state index in [0.29, 0.717) is 6.04 Å². The first-order chi connectivity index (χ1) is 8.74. The molecule has 1 N–H and O–H groups in total. The van der Waals surface area contributed by atoms with Crippen molar-refractivity contribution in [1.82, 2.24) is 5.32 Å². The van der Waals surface area contributed by atoms with Crippen molar-refractivity contribution < 1.29 is 4.79 Å². The van der Waals surface area contributed by atoms with Crippen LogP contribution >= 0.6 is 0 Å². The Balaban J connectivity index is 1.88. The smallest absolute Gasteiger partial charge is 0.296 e. The van der Waals surface area contributed by atoms with Crippen LogP contribution in [0.15, 0.2) is 24.3 Å². The molecule has 2 nitrogen and oxygen atoms in total. The highest BCUT2D eigenvalue weighted by atomic mass is 16.1. The average molecular weight is 241 g/mol. The topological polar surface area (TPSA) is 29.1 Å². The Kier molecular flexibility index (Phi) is 4.41. The summed E-state index contributed by atoms with van der Waals surface area (Å²) >= 11 is 0. The predicted octanol–water partition coefficient (Wildman–Crippen LogP) is 2.80. The molecule has 94 valence electrons. The van der Waals surface area contributed by atoms with Gasteiger partial charge in [0.15, 0.2) is 0 Å². The summed E-state index contributed by atoms with van der Waals surface area (Å²) in [6, 6.07) is 8.22. The fraction of sp³-hybridized carbons (Fsp3) is 0.438. The van der Waals surface area contributed by atoms with Crippen LogP contribution in [0, 0.1) is 18.8 Å². The number of benzene rings is 1. The molecule has 0 radical (unpaired) electrons. The minimum Gasteiger partial charge on any atom is -0.343 e. The zero-order chi connectivity index (χ0) is 12.8. The van der Waals surface area contributed by atoms with Gasteiger partial charge in [-0.25, -0.2) is 0 Å². The highest BCUT2D eigenvalue weighted by molar-refractivity contribution is 5.94. The molecule has 1 amide bonds. The minimum absolute atomic E-state index is 0.150. The van der Waals surface area contributed by atoms with Gasteiger partial charge in [0.1, 0.15) is 0 Å². The lowest BCUT2D eigenvalue weighted by Gasteiger charge is -2.21. The molecule has 1 fully saturated rings. The summed E-state index contributed by atoms with van der Waals surface area (Å²) in [5.41, 5.74) is 2.09. The zero-order valence-electron chi connectivity index (χ0n) is 10.8. The summed E-state index contributed by atoms with van der Waals surface area (Å²) < 4.78 is 0. The van der Waals surface area contributed by atoms with Crippen molar-refractivity contribution in [3.05, 3.63) is 35.4 Å². The standard InChI is InChI=1S/C16H19NO/c1-13-7-9-14(10-8-13)11-12-16(18)17-15-5-3-2-4-6-15/h7-10,15H,2-6H2,1H3,(H,17,18). The number of amides is 1. The first kappa shape index (κ1) is 12.7. The second kappa shape index (κ2) is 6.26. The van der Waals surface area contributed by atoms with E-state index in [0.717, 1.165) is 18.4 Å². The molecule has 18 heavy (non-hydrogen) atoms. The summed E-state index contributed by atoms with van der Waals surface area (Å²) in [6.07, 6.45) is 5.92. The lowest BCUT2D eigenvalue weighted by atomic mass is 9.95. The molecule has 2 heteroatoms. The summed E-state index contributed by atoms with van der Waals surface area (Å²) in [6.45, 7) is 2.03. The van der Waals surface area contributed by atoms with E-state index in [4.69, 9.17) is 0 Å². The fourth-order valence-corrected chi connectivity index (χ4v) is 2.23. The monoisotopic (exact) mass is 241 g/mol. The number of hydrogen-bond donors (Lipinski definition) is 1. The van der Waals surface area contributed by atoms with Gasteiger partial charge in [-0.1, -0.05) is 42.9 Å². The van der Waals surface area contributed by atoms with Gasteiger partial charge in [0.25, 0.3) is 5.91 Å².